The summed E-state index contributed by atoms with van der Waals surface area (Å²) in [6, 6.07) is 7.79. The smallest absolute Gasteiger partial charge is 0.242 e. The molecule has 86 valence electrons. The maximum atomic E-state index is 11.9. The van der Waals surface area contributed by atoms with E-state index >= 15 is 0 Å². The number of anilines is 1. The lowest BCUT2D eigenvalue weighted by Gasteiger charge is -2.23. The van der Waals surface area contributed by atoms with Crippen LogP contribution in [0.3, 0.4) is 0 Å². The summed E-state index contributed by atoms with van der Waals surface area (Å²) in [6.45, 7) is 1.26. The van der Waals surface area contributed by atoms with Gasteiger partial charge in [-0.1, -0.05) is 12.1 Å². The Hall–Kier alpha value is -1.07. The molecule has 0 radical (unpaired) electrons. The number of sulfonamides is 1. The largest absolute Gasteiger partial charge is 0.366 e. The van der Waals surface area contributed by atoms with Gasteiger partial charge in [-0.3, -0.25) is 0 Å². The maximum Gasteiger partial charge on any atom is 0.242 e. The fraction of sp³-hybridized carbons (Fsp3) is 0.455. The first-order valence-electron chi connectivity index (χ1n) is 5.54. The van der Waals surface area contributed by atoms with Gasteiger partial charge in [0.15, 0.2) is 0 Å². The molecule has 1 aromatic carbocycles. The number of hydrogen-bond donors (Lipinski definition) is 1. The van der Waals surface area contributed by atoms with Crippen LogP contribution in [0.2, 0.25) is 0 Å². The second kappa shape index (κ2) is 3.46. The summed E-state index contributed by atoms with van der Waals surface area (Å²) in [6.07, 6.45) is 2.35. The van der Waals surface area contributed by atoms with E-state index in [0.717, 1.165) is 12.2 Å². The lowest BCUT2D eigenvalue weighted by molar-refractivity contribution is 0.584. The van der Waals surface area contributed by atoms with Gasteiger partial charge < -0.3 is 4.90 Å². The summed E-state index contributed by atoms with van der Waals surface area (Å²) < 4.78 is 26.5. The highest BCUT2D eigenvalue weighted by atomic mass is 32.2. The number of benzene rings is 1. The van der Waals surface area contributed by atoms with Crippen LogP contribution < -0.4 is 9.62 Å². The van der Waals surface area contributed by atoms with Crippen molar-refractivity contribution in [3.05, 3.63) is 24.3 Å². The predicted octanol–water partition coefficient (Wildman–Crippen LogP) is 0.947. The van der Waals surface area contributed by atoms with Crippen molar-refractivity contribution in [3.8, 4) is 0 Å². The average Bonchev–Trinajstić information content (AvgIpc) is 3.07. The molecule has 3 rings (SSSR count). The van der Waals surface area contributed by atoms with Gasteiger partial charge in [0.2, 0.25) is 10.0 Å². The van der Waals surface area contributed by atoms with Crippen LogP contribution in [-0.2, 0) is 10.0 Å². The van der Waals surface area contributed by atoms with E-state index in [-0.39, 0.29) is 0 Å². The number of fused-ring (bicyclic) bond motifs is 1. The molecular weight excluding hydrogens is 224 g/mol. The fourth-order valence-electron chi connectivity index (χ4n) is 2.19. The molecule has 1 heterocycles. The van der Waals surface area contributed by atoms with Gasteiger partial charge in [0, 0.05) is 19.1 Å². The Morgan fingerprint density at radius 1 is 1.25 bits per heavy atom. The van der Waals surface area contributed by atoms with Crippen molar-refractivity contribution in [3.63, 3.8) is 0 Å². The lowest BCUT2D eigenvalue weighted by atomic mass is 10.2. The molecule has 0 amide bonds. The van der Waals surface area contributed by atoms with Crippen molar-refractivity contribution in [1.82, 2.24) is 4.72 Å². The van der Waals surface area contributed by atoms with Crippen LogP contribution in [0.25, 0.3) is 0 Å². The maximum absolute atomic E-state index is 11.9. The summed E-state index contributed by atoms with van der Waals surface area (Å²) in [5.41, 5.74) is 0.856. The molecular formula is C11H14N2O2S. The van der Waals surface area contributed by atoms with E-state index in [2.05, 4.69) is 9.62 Å². The van der Waals surface area contributed by atoms with Crippen LogP contribution in [0.15, 0.2) is 29.2 Å². The summed E-state index contributed by atoms with van der Waals surface area (Å²) >= 11 is 0. The first kappa shape index (κ1) is 10.1. The molecule has 4 nitrogen and oxygen atoms in total. The molecule has 0 bridgehead atoms. The molecule has 0 spiro atoms. The molecule has 0 saturated heterocycles. The molecule has 1 aliphatic heterocycles. The van der Waals surface area contributed by atoms with Crippen LogP contribution in [0.4, 0.5) is 5.69 Å². The molecule has 0 aromatic heterocycles. The minimum Gasteiger partial charge on any atom is -0.366 e. The van der Waals surface area contributed by atoms with E-state index in [1.165, 1.54) is 12.8 Å². The number of para-hydroxylation sites is 1. The molecule has 0 atom stereocenters. The van der Waals surface area contributed by atoms with E-state index in [1.807, 2.05) is 12.1 Å². The summed E-state index contributed by atoms with van der Waals surface area (Å²) in [4.78, 5) is 2.63. The Kier molecular flexibility index (Phi) is 2.19. The third kappa shape index (κ3) is 1.60. The SMILES string of the molecule is O=S1(=O)NCCN(C2CC2)c2ccccc21. The van der Waals surface area contributed by atoms with Crippen molar-refractivity contribution in [2.24, 2.45) is 0 Å². The minimum absolute atomic E-state index is 0.416. The lowest BCUT2D eigenvalue weighted by Crippen LogP contribution is -2.31. The molecule has 1 N–H and O–H groups in total. The summed E-state index contributed by atoms with van der Waals surface area (Å²) in [5, 5.41) is 0. The van der Waals surface area contributed by atoms with Crippen LogP contribution in [0.1, 0.15) is 12.8 Å². The summed E-state index contributed by atoms with van der Waals surface area (Å²) in [5.74, 6) is 0. The minimum atomic E-state index is -3.31. The number of nitrogens with one attached hydrogen (secondary N) is 1. The van der Waals surface area contributed by atoms with Gasteiger partial charge in [0.25, 0.3) is 0 Å². The fourth-order valence-corrected chi connectivity index (χ4v) is 3.42. The highest BCUT2D eigenvalue weighted by Gasteiger charge is 2.34. The molecule has 16 heavy (non-hydrogen) atoms. The van der Waals surface area contributed by atoms with Crippen molar-refractivity contribution in [2.45, 2.75) is 23.8 Å². The predicted molar refractivity (Wildman–Crippen MR) is 62.0 cm³/mol. The topological polar surface area (TPSA) is 49.4 Å². The third-order valence-electron chi connectivity index (χ3n) is 3.10. The number of rotatable bonds is 1. The van der Waals surface area contributed by atoms with Gasteiger partial charge in [0.1, 0.15) is 4.90 Å². The van der Waals surface area contributed by atoms with Crippen LogP contribution in [0, 0.1) is 0 Å². The zero-order valence-corrected chi connectivity index (χ0v) is 9.70. The molecule has 2 aliphatic rings. The van der Waals surface area contributed by atoms with Gasteiger partial charge >= 0.3 is 0 Å². The number of hydrogen-bond acceptors (Lipinski definition) is 3. The van der Waals surface area contributed by atoms with Crippen molar-refractivity contribution < 1.29 is 8.42 Å². The highest BCUT2D eigenvalue weighted by Crippen LogP contribution is 2.35. The van der Waals surface area contributed by atoms with Gasteiger partial charge in [-0.05, 0) is 25.0 Å². The van der Waals surface area contributed by atoms with E-state index in [0.29, 0.717) is 17.5 Å². The Labute approximate surface area is 95.3 Å². The average molecular weight is 238 g/mol. The van der Waals surface area contributed by atoms with E-state index in [4.69, 9.17) is 0 Å². The Balaban J connectivity index is 2.15. The zero-order valence-electron chi connectivity index (χ0n) is 8.89. The van der Waals surface area contributed by atoms with E-state index in [9.17, 15) is 8.42 Å². The molecule has 5 heteroatoms. The van der Waals surface area contributed by atoms with Gasteiger partial charge in [0.05, 0.1) is 5.69 Å². The second-order valence-corrected chi connectivity index (χ2v) is 6.03. The van der Waals surface area contributed by atoms with Crippen molar-refractivity contribution in [1.29, 1.82) is 0 Å². The first-order chi connectivity index (χ1) is 7.68. The Morgan fingerprint density at radius 3 is 2.75 bits per heavy atom. The second-order valence-electron chi connectivity index (χ2n) is 4.29. The molecule has 0 unspecified atom stereocenters. The normalized spacial score (nSPS) is 23.6. The van der Waals surface area contributed by atoms with Crippen LogP contribution in [-0.4, -0.2) is 27.5 Å². The van der Waals surface area contributed by atoms with Crippen LogP contribution in [0.5, 0.6) is 0 Å². The van der Waals surface area contributed by atoms with Crippen molar-refractivity contribution in [2.75, 3.05) is 18.0 Å². The molecule has 1 fully saturated rings. The van der Waals surface area contributed by atoms with Crippen LogP contribution >= 0.6 is 0 Å². The Morgan fingerprint density at radius 2 is 2.00 bits per heavy atom. The van der Waals surface area contributed by atoms with Gasteiger partial charge in [-0.25, -0.2) is 13.1 Å². The quantitative estimate of drug-likeness (QED) is 0.792. The first-order valence-corrected chi connectivity index (χ1v) is 7.02. The molecule has 1 aromatic rings. The molecule has 1 saturated carbocycles. The van der Waals surface area contributed by atoms with Gasteiger partial charge in [-0.2, -0.15) is 0 Å². The van der Waals surface area contributed by atoms with E-state index < -0.39 is 10.0 Å². The summed E-state index contributed by atoms with van der Waals surface area (Å²) in [7, 11) is -3.31. The van der Waals surface area contributed by atoms with E-state index in [1.54, 1.807) is 12.1 Å². The highest BCUT2D eigenvalue weighted by molar-refractivity contribution is 7.89. The standard InChI is InChI=1S/C11H14N2O2S/c14-16(15)11-4-2-1-3-10(11)13(8-7-12-16)9-5-6-9/h1-4,9,12H,5-8H2. The third-order valence-corrected chi connectivity index (χ3v) is 4.61. The van der Waals surface area contributed by atoms with Crippen molar-refractivity contribution >= 4 is 15.7 Å². The van der Waals surface area contributed by atoms with Gasteiger partial charge in [-0.15, -0.1) is 0 Å². The zero-order chi connectivity index (χ0) is 11.2. The Bertz CT molecular complexity index is 508. The monoisotopic (exact) mass is 238 g/mol. The number of nitrogens with zero attached hydrogens (tertiary/aromatic N) is 1. The molecule has 1 aliphatic carbocycles.